The van der Waals surface area contributed by atoms with Crippen molar-refractivity contribution in [1.82, 2.24) is 10.2 Å². The topological polar surface area (TPSA) is 24.5 Å². The largest absolute Gasteiger partial charge is 0.492 e. The van der Waals surface area contributed by atoms with Crippen molar-refractivity contribution in [2.75, 3.05) is 32.8 Å². The second-order valence-electron chi connectivity index (χ2n) is 4.99. The summed E-state index contributed by atoms with van der Waals surface area (Å²) < 4.78 is 18.4. The highest BCUT2D eigenvalue weighted by atomic mass is 19.1. The van der Waals surface area contributed by atoms with Gasteiger partial charge in [-0.2, -0.15) is 0 Å². The highest BCUT2D eigenvalue weighted by molar-refractivity contribution is 5.21. The first-order chi connectivity index (χ1) is 9.28. The van der Waals surface area contributed by atoms with E-state index in [9.17, 15) is 4.39 Å². The van der Waals surface area contributed by atoms with Gasteiger partial charge in [0.2, 0.25) is 0 Å². The normalized spacial score (nSPS) is 19.0. The van der Waals surface area contributed by atoms with Gasteiger partial charge in [0.1, 0.15) is 18.2 Å². The number of hydrogen-bond acceptors (Lipinski definition) is 3. The maximum Gasteiger partial charge on any atom is 0.123 e. The van der Waals surface area contributed by atoms with Crippen LogP contribution in [0.4, 0.5) is 4.39 Å². The van der Waals surface area contributed by atoms with Gasteiger partial charge in [-0.3, -0.25) is 4.90 Å². The second-order valence-corrected chi connectivity index (χ2v) is 4.99. The number of rotatable bonds is 7. The number of ether oxygens (including phenoxy) is 1. The summed E-state index contributed by atoms with van der Waals surface area (Å²) in [6, 6.07) is 6.82. The third-order valence-corrected chi connectivity index (χ3v) is 3.58. The summed E-state index contributed by atoms with van der Waals surface area (Å²) in [5, 5.41) is 3.51. The maximum absolute atomic E-state index is 12.7. The molecular weight excluding hydrogens is 243 g/mol. The smallest absolute Gasteiger partial charge is 0.123 e. The molecule has 1 aromatic rings. The summed E-state index contributed by atoms with van der Waals surface area (Å²) in [7, 11) is 0. The fraction of sp³-hybridized carbons (Fsp3) is 0.600. The molecule has 0 bridgehead atoms. The highest BCUT2D eigenvalue weighted by Gasteiger charge is 2.16. The summed E-state index contributed by atoms with van der Waals surface area (Å²) in [4.78, 5) is 2.40. The maximum atomic E-state index is 12.7. The first-order valence-electron chi connectivity index (χ1n) is 7.12. The number of benzene rings is 1. The zero-order valence-electron chi connectivity index (χ0n) is 11.6. The van der Waals surface area contributed by atoms with Crippen LogP contribution in [0.15, 0.2) is 24.3 Å². The summed E-state index contributed by atoms with van der Waals surface area (Å²) in [5.74, 6) is 0.506. The molecule has 0 radical (unpaired) electrons. The quantitative estimate of drug-likeness (QED) is 0.819. The van der Waals surface area contributed by atoms with Crippen LogP contribution < -0.4 is 10.1 Å². The van der Waals surface area contributed by atoms with Gasteiger partial charge >= 0.3 is 0 Å². The fourth-order valence-corrected chi connectivity index (χ4v) is 2.43. The van der Waals surface area contributed by atoms with Crippen LogP contribution in [0.25, 0.3) is 0 Å². The molecule has 106 valence electrons. The summed E-state index contributed by atoms with van der Waals surface area (Å²) in [6.45, 7) is 6.99. The zero-order chi connectivity index (χ0) is 13.5. The number of likely N-dealkylation sites (N-methyl/N-ethyl adjacent to an activating group) is 1. The average molecular weight is 266 g/mol. The first kappa shape index (κ1) is 14.3. The Morgan fingerprint density at radius 1 is 1.37 bits per heavy atom. The van der Waals surface area contributed by atoms with Gasteiger partial charge in [0.15, 0.2) is 0 Å². The van der Waals surface area contributed by atoms with Gasteiger partial charge in [0, 0.05) is 19.1 Å². The predicted octanol–water partition coefficient (Wildman–Crippen LogP) is 2.28. The third kappa shape index (κ3) is 4.80. The van der Waals surface area contributed by atoms with Crippen LogP contribution >= 0.6 is 0 Å². The molecule has 1 N–H and O–H groups in total. The van der Waals surface area contributed by atoms with Crippen molar-refractivity contribution in [3.8, 4) is 5.75 Å². The van der Waals surface area contributed by atoms with Crippen molar-refractivity contribution in [2.45, 2.75) is 25.8 Å². The minimum atomic E-state index is -0.227. The van der Waals surface area contributed by atoms with Crippen molar-refractivity contribution >= 4 is 0 Å². The predicted molar refractivity (Wildman–Crippen MR) is 75.0 cm³/mol. The van der Waals surface area contributed by atoms with Gasteiger partial charge in [-0.15, -0.1) is 0 Å². The molecule has 0 aliphatic carbocycles. The minimum Gasteiger partial charge on any atom is -0.492 e. The molecule has 19 heavy (non-hydrogen) atoms. The zero-order valence-corrected chi connectivity index (χ0v) is 11.6. The van der Waals surface area contributed by atoms with Crippen LogP contribution in [0, 0.1) is 5.82 Å². The standard InChI is InChI=1S/C15H23FN2O/c1-2-18(12-14-4-3-9-17-14)10-11-19-15-7-5-13(16)6-8-15/h5-8,14,17H,2-4,9-12H2,1H3. The molecule has 3 nitrogen and oxygen atoms in total. The summed E-state index contributed by atoms with van der Waals surface area (Å²) in [5.41, 5.74) is 0. The van der Waals surface area contributed by atoms with Crippen LogP contribution in [0.1, 0.15) is 19.8 Å². The first-order valence-corrected chi connectivity index (χ1v) is 7.12. The Balaban J connectivity index is 1.69. The Kier molecular flexibility index (Phi) is 5.61. The fourth-order valence-electron chi connectivity index (χ4n) is 2.43. The monoisotopic (exact) mass is 266 g/mol. The Labute approximate surface area is 114 Å². The summed E-state index contributed by atoms with van der Waals surface area (Å²) in [6.07, 6.45) is 2.56. The lowest BCUT2D eigenvalue weighted by atomic mass is 10.2. The van der Waals surface area contributed by atoms with Gasteiger partial charge < -0.3 is 10.1 Å². The average Bonchev–Trinajstić information content (AvgIpc) is 2.93. The second kappa shape index (κ2) is 7.46. The molecule has 0 aromatic heterocycles. The van der Waals surface area contributed by atoms with Crippen LogP contribution in [0.5, 0.6) is 5.75 Å². The van der Waals surface area contributed by atoms with E-state index in [1.807, 2.05) is 0 Å². The number of nitrogens with zero attached hydrogens (tertiary/aromatic N) is 1. The van der Waals surface area contributed by atoms with E-state index in [1.54, 1.807) is 12.1 Å². The lowest BCUT2D eigenvalue weighted by Crippen LogP contribution is -2.39. The van der Waals surface area contributed by atoms with E-state index in [4.69, 9.17) is 4.74 Å². The molecule has 1 unspecified atom stereocenters. The van der Waals surface area contributed by atoms with Gasteiger partial charge in [-0.1, -0.05) is 6.92 Å². The molecule has 2 rings (SSSR count). The van der Waals surface area contributed by atoms with Crippen molar-refractivity contribution < 1.29 is 9.13 Å². The van der Waals surface area contributed by atoms with Crippen molar-refractivity contribution in [2.24, 2.45) is 0 Å². The molecule has 1 aliphatic rings. The van der Waals surface area contributed by atoms with Crippen LogP contribution in [-0.2, 0) is 0 Å². The van der Waals surface area contributed by atoms with Gasteiger partial charge in [0.25, 0.3) is 0 Å². The van der Waals surface area contributed by atoms with Crippen LogP contribution in [-0.4, -0.2) is 43.7 Å². The third-order valence-electron chi connectivity index (χ3n) is 3.58. The van der Waals surface area contributed by atoms with E-state index in [0.29, 0.717) is 12.6 Å². The minimum absolute atomic E-state index is 0.227. The lowest BCUT2D eigenvalue weighted by molar-refractivity contribution is 0.203. The molecule has 1 heterocycles. The van der Waals surface area contributed by atoms with E-state index >= 15 is 0 Å². The van der Waals surface area contributed by atoms with E-state index in [-0.39, 0.29) is 5.82 Å². The Morgan fingerprint density at radius 2 is 2.16 bits per heavy atom. The van der Waals surface area contributed by atoms with Gasteiger partial charge in [-0.25, -0.2) is 4.39 Å². The van der Waals surface area contributed by atoms with Crippen molar-refractivity contribution in [3.63, 3.8) is 0 Å². The molecule has 1 saturated heterocycles. The molecule has 1 aromatic carbocycles. The van der Waals surface area contributed by atoms with E-state index in [2.05, 4.69) is 17.1 Å². The summed E-state index contributed by atoms with van der Waals surface area (Å²) >= 11 is 0. The number of nitrogens with one attached hydrogen (secondary N) is 1. The SMILES string of the molecule is CCN(CCOc1ccc(F)cc1)CC1CCCN1. The number of hydrogen-bond donors (Lipinski definition) is 1. The molecule has 0 saturated carbocycles. The van der Waals surface area contributed by atoms with E-state index in [0.717, 1.165) is 31.9 Å². The molecule has 1 aliphatic heterocycles. The Bertz CT molecular complexity index is 363. The molecule has 4 heteroatoms. The lowest BCUT2D eigenvalue weighted by Gasteiger charge is -2.24. The highest BCUT2D eigenvalue weighted by Crippen LogP contribution is 2.11. The Hall–Kier alpha value is -1.13. The molecule has 0 amide bonds. The van der Waals surface area contributed by atoms with Gasteiger partial charge in [-0.05, 0) is 50.2 Å². The molecule has 1 atom stereocenters. The molecular formula is C15H23FN2O. The number of halogens is 1. The molecule has 0 spiro atoms. The van der Waals surface area contributed by atoms with Gasteiger partial charge in [0.05, 0.1) is 0 Å². The Morgan fingerprint density at radius 3 is 2.79 bits per heavy atom. The van der Waals surface area contributed by atoms with Crippen LogP contribution in [0.3, 0.4) is 0 Å². The van der Waals surface area contributed by atoms with E-state index < -0.39 is 0 Å². The van der Waals surface area contributed by atoms with Crippen molar-refractivity contribution in [3.05, 3.63) is 30.1 Å². The van der Waals surface area contributed by atoms with E-state index in [1.165, 1.54) is 25.0 Å². The van der Waals surface area contributed by atoms with Crippen LogP contribution in [0.2, 0.25) is 0 Å². The van der Waals surface area contributed by atoms with Crippen molar-refractivity contribution in [1.29, 1.82) is 0 Å². The molecule has 1 fully saturated rings.